The summed E-state index contributed by atoms with van der Waals surface area (Å²) < 4.78 is 16.6. The zero-order chi connectivity index (χ0) is 22.6. The average Bonchev–Trinajstić information content (AvgIpc) is 3.24. The molecule has 1 N–H and O–H groups in total. The maximum Gasteiger partial charge on any atom is 0.232 e. The Kier molecular flexibility index (Phi) is 10.2. The second-order valence-corrected chi connectivity index (χ2v) is 8.29. The summed E-state index contributed by atoms with van der Waals surface area (Å²) in [5, 5.41) is 15.0. The number of hydrogen-bond donors (Lipinski definition) is 1. The van der Waals surface area contributed by atoms with E-state index in [0.29, 0.717) is 26.3 Å². The van der Waals surface area contributed by atoms with E-state index in [0.717, 1.165) is 61.6 Å². The summed E-state index contributed by atoms with van der Waals surface area (Å²) in [5.41, 5.74) is 3.00. The molecule has 1 fully saturated rings. The Hall–Kier alpha value is -2.19. The number of aliphatic hydroxyl groups excluding tert-OH is 1. The van der Waals surface area contributed by atoms with Gasteiger partial charge < -0.3 is 24.0 Å². The molecule has 7 nitrogen and oxygen atoms in total. The lowest BCUT2D eigenvalue weighted by Crippen LogP contribution is -2.36. The van der Waals surface area contributed by atoms with Gasteiger partial charge in [0, 0.05) is 52.0 Å². The fourth-order valence-electron chi connectivity index (χ4n) is 4.14. The topological polar surface area (TPSA) is 71.2 Å². The van der Waals surface area contributed by atoms with Crippen molar-refractivity contribution in [1.29, 1.82) is 0 Å². The van der Waals surface area contributed by atoms with E-state index < -0.39 is 6.10 Å². The van der Waals surface area contributed by atoms with Crippen LogP contribution in [-0.2, 0) is 16.0 Å². The number of aliphatic hydroxyl groups is 1. The zero-order valence-corrected chi connectivity index (χ0v) is 19.2. The zero-order valence-electron chi connectivity index (χ0n) is 19.2. The Balaban J connectivity index is 1.83. The van der Waals surface area contributed by atoms with Crippen molar-refractivity contribution in [3.8, 4) is 11.3 Å². The van der Waals surface area contributed by atoms with Crippen LogP contribution in [0.5, 0.6) is 0 Å². The number of piperidine rings is 1. The van der Waals surface area contributed by atoms with E-state index in [-0.39, 0.29) is 6.61 Å². The van der Waals surface area contributed by atoms with Gasteiger partial charge in [0.15, 0.2) is 0 Å². The van der Waals surface area contributed by atoms with Crippen LogP contribution in [0, 0.1) is 0 Å². The number of ether oxygens (including phenoxy) is 2. The predicted octanol–water partition coefficient (Wildman–Crippen LogP) is 3.73. The molecule has 1 aliphatic heterocycles. The molecule has 0 amide bonds. The summed E-state index contributed by atoms with van der Waals surface area (Å²) in [6.07, 6.45) is 5.57. The smallest absolute Gasteiger partial charge is 0.232 e. The second-order valence-electron chi connectivity index (χ2n) is 8.29. The molecule has 0 aliphatic carbocycles. The Bertz CT molecular complexity index is 790. The molecule has 3 rings (SSSR count). The molecule has 0 saturated carbocycles. The number of aromatic nitrogens is 1. The number of anilines is 1. The second kappa shape index (κ2) is 13.4. The molecule has 1 aliphatic rings. The lowest BCUT2D eigenvalue weighted by molar-refractivity contribution is 0.0230. The van der Waals surface area contributed by atoms with Crippen LogP contribution in [0.1, 0.15) is 31.2 Å². The molecule has 1 atom stereocenters. The minimum atomic E-state index is -0.587. The molecule has 0 radical (unpaired) electrons. The molecule has 2 aromatic rings. The molecule has 176 valence electrons. The van der Waals surface area contributed by atoms with Crippen LogP contribution in [-0.4, -0.2) is 74.4 Å². The Morgan fingerprint density at radius 1 is 1.25 bits per heavy atom. The van der Waals surface area contributed by atoms with Crippen molar-refractivity contribution in [3.05, 3.63) is 48.6 Å². The molecule has 32 heavy (non-hydrogen) atoms. The third-order valence-electron chi connectivity index (χ3n) is 5.68. The third kappa shape index (κ3) is 7.17. The first-order valence-electron chi connectivity index (χ1n) is 11.6. The normalized spacial score (nSPS) is 15.3. The first-order chi connectivity index (χ1) is 15.7. The standard InChI is InChI=1S/C25H37N3O4/c1-3-16-31-20-22(29)18-27(13-10-17-30-2)19-23-24(21-11-6-4-7-12-21)26-32-25(23)28-14-8-5-9-15-28/h3-4,6-7,11-12,22,29H,1,5,8-10,13-20H2,2H3/t22-/m0/s1. The van der Waals surface area contributed by atoms with Crippen molar-refractivity contribution in [1.82, 2.24) is 10.1 Å². The lowest BCUT2D eigenvalue weighted by atomic mass is 10.1. The third-order valence-corrected chi connectivity index (χ3v) is 5.68. The van der Waals surface area contributed by atoms with Crippen LogP contribution in [0.4, 0.5) is 5.88 Å². The molecular formula is C25H37N3O4. The molecule has 1 saturated heterocycles. The van der Waals surface area contributed by atoms with Crippen molar-refractivity contribution in [2.75, 3.05) is 58.0 Å². The highest BCUT2D eigenvalue weighted by Crippen LogP contribution is 2.33. The van der Waals surface area contributed by atoms with Gasteiger partial charge in [-0.1, -0.05) is 41.6 Å². The van der Waals surface area contributed by atoms with Crippen molar-refractivity contribution in [2.24, 2.45) is 0 Å². The van der Waals surface area contributed by atoms with Crippen molar-refractivity contribution < 1.29 is 19.1 Å². The van der Waals surface area contributed by atoms with Crippen molar-refractivity contribution in [2.45, 2.75) is 38.3 Å². The van der Waals surface area contributed by atoms with Crippen molar-refractivity contribution >= 4 is 5.88 Å². The van der Waals surface area contributed by atoms with Gasteiger partial charge in [-0.25, -0.2) is 0 Å². The number of methoxy groups -OCH3 is 1. The van der Waals surface area contributed by atoms with E-state index in [4.69, 9.17) is 14.0 Å². The molecule has 0 bridgehead atoms. The maximum absolute atomic E-state index is 10.6. The Morgan fingerprint density at radius 2 is 2.03 bits per heavy atom. The van der Waals surface area contributed by atoms with Crippen LogP contribution in [0.2, 0.25) is 0 Å². The maximum atomic E-state index is 10.6. The van der Waals surface area contributed by atoms with Crippen LogP contribution >= 0.6 is 0 Å². The molecule has 2 heterocycles. The summed E-state index contributed by atoms with van der Waals surface area (Å²) >= 11 is 0. The average molecular weight is 444 g/mol. The van der Waals surface area contributed by atoms with Gasteiger partial charge in [0.1, 0.15) is 5.69 Å². The number of benzene rings is 1. The first kappa shape index (κ1) is 24.5. The predicted molar refractivity (Wildman–Crippen MR) is 127 cm³/mol. The summed E-state index contributed by atoms with van der Waals surface area (Å²) in [6, 6.07) is 10.2. The summed E-state index contributed by atoms with van der Waals surface area (Å²) in [5.74, 6) is 0.859. The molecule has 0 unspecified atom stereocenters. The van der Waals surface area contributed by atoms with Gasteiger partial charge in [0.25, 0.3) is 0 Å². The van der Waals surface area contributed by atoms with Gasteiger partial charge in [0.2, 0.25) is 5.88 Å². The van der Waals surface area contributed by atoms with Gasteiger partial charge in [-0.2, -0.15) is 0 Å². The van der Waals surface area contributed by atoms with E-state index in [1.54, 1.807) is 13.2 Å². The van der Waals surface area contributed by atoms with Crippen LogP contribution in [0.25, 0.3) is 11.3 Å². The number of nitrogens with zero attached hydrogens (tertiary/aromatic N) is 3. The van der Waals surface area contributed by atoms with E-state index in [1.165, 1.54) is 6.42 Å². The van der Waals surface area contributed by atoms with Gasteiger partial charge in [-0.3, -0.25) is 4.90 Å². The summed E-state index contributed by atoms with van der Waals surface area (Å²) in [4.78, 5) is 4.56. The fraction of sp³-hybridized carbons (Fsp3) is 0.560. The van der Waals surface area contributed by atoms with Crippen LogP contribution in [0.15, 0.2) is 47.5 Å². The van der Waals surface area contributed by atoms with Crippen molar-refractivity contribution in [3.63, 3.8) is 0 Å². The fourth-order valence-corrected chi connectivity index (χ4v) is 4.14. The number of rotatable bonds is 14. The highest BCUT2D eigenvalue weighted by Gasteiger charge is 2.26. The van der Waals surface area contributed by atoms with Gasteiger partial charge >= 0.3 is 0 Å². The minimum absolute atomic E-state index is 0.279. The highest BCUT2D eigenvalue weighted by molar-refractivity contribution is 5.68. The molecule has 0 spiro atoms. The quantitative estimate of drug-likeness (QED) is 0.352. The Labute approximate surface area is 191 Å². The summed E-state index contributed by atoms with van der Waals surface area (Å²) in [7, 11) is 1.71. The van der Waals surface area contributed by atoms with Crippen LogP contribution in [0.3, 0.4) is 0 Å². The highest BCUT2D eigenvalue weighted by atomic mass is 16.5. The molecular weight excluding hydrogens is 406 g/mol. The van der Waals surface area contributed by atoms with Gasteiger partial charge in [-0.15, -0.1) is 6.58 Å². The molecule has 1 aromatic heterocycles. The molecule has 7 heteroatoms. The van der Waals surface area contributed by atoms with E-state index in [9.17, 15) is 5.11 Å². The number of hydrogen-bond acceptors (Lipinski definition) is 7. The lowest BCUT2D eigenvalue weighted by Gasteiger charge is -2.29. The van der Waals surface area contributed by atoms with Gasteiger partial charge in [-0.05, 0) is 25.7 Å². The van der Waals surface area contributed by atoms with E-state index in [2.05, 4.69) is 33.7 Å². The largest absolute Gasteiger partial charge is 0.389 e. The van der Waals surface area contributed by atoms with E-state index >= 15 is 0 Å². The van der Waals surface area contributed by atoms with Gasteiger partial charge in [0.05, 0.1) is 24.9 Å². The molecule has 1 aromatic carbocycles. The first-order valence-corrected chi connectivity index (χ1v) is 11.6. The minimum Gasteiger partial charge on any atom is -0.389 e. The summed E-state index contributed by atoms with van der Waals surface area (Å²) in [6.45, 7) is 8.95. The SMILES string of the molecule is C=CCOC[C@@H](O)CN(CCCOC)Cc1c(-c2ccccc2)noc1N1CCCCC1. The van der Waals surface area contributed by atoms with E-state index in [1.807, 2.05) is 18.2 Å². The van der Waals surface area contributed by atoms with Crippen LogP contribution < -0.4 is 4.90 Å². The monoisotopic (exact) mass is 443 g/mol. The Morgan fingerprint density at radius 3 is 2.75 bits per heavy atom.